The van der Waals surface area contributed by atoms with Gasteiger partial charge in [0.1, 0.15) is 17.9 Å². The highest BCUT2D eigenvalue weighted by Gasteiger charge is 2.34. The summed E-state index contributed by atoms with van der Waals surface area (Å²) in [4.78, 5) is 0. The van der Waals surface area contributed by atoms with Crippen LogP contribution in [0.3, 0.4) is 0 Å². The molecule has 1 aliphatic heterocycles. The van der Waals surface area contributed by atoms with Crippen LogP contribution in [0.4, 0.5) is 5.69 Å². The van der Waals surface area contributed by atoms with Gasteiger partial charge in [-0.1, -0.05) is 128 Å². The predicted molar refractivity (Wildman–Crippen MR) is 240 cm³/mol. The maximum absolute atomic E-state index is 6.71. The Morgan fingerprint density at radius 3 is 2.12 bits per heavy atom. The van der Waals surface area contributed by atoms with E-state index in [1.807, 2.05) is 6.07 Å². The average Bonchev–Trinajstić information content (AvgIpc) is 3.94. The molecule has 58 heavy (non-hydrogen) atoms. The number of fused-ring (bicyclic) bond motifs is 9. The first-order chi connectivity index (χ1) is 28.7. The first-order valence-electron chi connectivity index (χ1n) is 20.6. The van der Waals surface area contributed by atoms with Gasteiger partial charge in [-0.15, -0.1) is 0 Å². The highest BCUT2D eigenvalue weighted by atomic mass is 16.3. The Labute approximate surface area is 336 Å². The molecular formula is C53H42N4O. The zero-order chi connectivity index (χ0) is 38.3. The summed E-state index contributed by atoms with van der Waals surface area (Å²) >= 11 is 0. The molecule has 0 spiro atoms. The molecule has 0 saturated heterocycles. The fourth-order valence-corrected chi connectivity index (χ4v) is 9.96. The third-order valence-electron chi connectivity index (χ3n) is 12.7. The van der Waals surface area contributed by atoms with Gasteiger partial charge in [0.2, 0.25) is 0 Å². The Hall–Kier alpha value is -6.82. The van der Waals surface area contributed by atoms with Gasteiger partial charge in [-0.05, 0) is 95.6 Å². The number of nitrogens with zero attached hydrogens (tertiary/aromatic N) is 2. The van der Waals surface area contributed by atoms with Crippen LogP contribution in [0.25, 0.3) is 71.4 Å². The quantitative estimate of drug-likeness (QED) is 0.172. The van der Waals surface area contributed by atoms with E-state index in [2.05, 4.69) is 197 Å². The van der Waals surface area contributed by atoms with E-state index in [1.54, 1.807) is 0 Å². The third-order valence-corrected chi connectivity index (χ3v) is 12.7. The zero-order valence-electron chi connectivity index (χ0n) is 32.3. The Bertz CT molecular complexity index is 3240. The van der Waals surface area contributed by atoms with Gasteiger partial charge in [-0.2, -0.15) is 0 Å². The molecule has 4 atom stereocenters. The molecule has 0 fully saturated rings. The molecule has 0 saturated carbocycles. The fourth-order valence-electron chi connectivity index (χ4n) is 9.96. The van der Waals surface area contributed by atoms with Crippen molar-refractivity contribution in [2.75, 3.05) is 5.32 Å². The van der Waals surface area contributed by atoms with E-state index in [4.69, 9.17) is 4.42 Å². The van der Waals surface area contributed by atoms with Gasteiger partial charge in [-0.25, -0.2) is 0 Å². The minimum absolute atomic E-state index is 0.114. The summed E-state index contributed by atoms with van der Waals surface area (Å²) in [6, 6.07) is 59.8. The van der Waals surface area contributed by atoms with Crippen LogP contribution in [0, 0.1) is 5.92 Å². The molecule has 0 radical (unpaired) electrons. The second kappa shape index (κ2) is 13.1. The lowest BCUT2D eigenvalue weighted by molar-refractivity contribution is 0.358. The van der Waals surface area contributed by atoms with E-state index >= 15 is 0 Å². The topological polar surface area (TPSA) is 47.1 Å². The van der Waals surface area contributed by atoms with Crippen molar-refractivity contribution >= 4 is 60.3 Å². The van der Waals surface area contributed by atoms with Crippen LogP contribution in [0.2, 0.25) is 0 Å². The lowest BCUT2D eigenvalue weighted by atomic mass is 9.83. The van der Waals surface area contributed by atoms with Crippen LogP contribution in [0.15, 0.2) is 180 Å². The number of hydrogen-bond donors (Lipinski definition) is 2. The first-order valence-corrected chi connectivity index (χ1v) is 20.6. The van der Waals surface area contributed by atoms with Crippen LogP contribution >= 0.6 is 0 Å². The molecule has 0 amide bonds. The molecule has 280 valence electrons. The number of aromatic nitrogens is 2. The predicted octanol–water partition coefficient (Wildman–Crippen LogP) is 13.6. The molecule has 5 nitrogen and oxygen atoms in total. The van der Waals surface area contributed by atoms with E-state index in [0.717, 1.165) is 33.5 Å². The first kappa shape index (κ1) is 33.3. The average molecular weight is 751 g/mol. The minimum Gasteiger partial charge on any atom is -0.455 e. The van der Waals surface area contributed by atoms with E-state index in [9.17, 15) is 0 Å². The van der Waals surface area contributed by atoms with Crippen molar-refractivity contribution in [2.24, 2.45) is 5.92 Å². The van der Waals surface area contributed by atoms with Gasteiger partial charge in [0.05, 0.1) is 27.8 Å². The molecule has 3 aromatic heterocycles. The number of rotatable bonds is 5. The Morgan fingerprint density at radius 1 is 0.569 bits per heavy atom. The number of hydrogen-bond acceptors (Lipinski definition) is 3. The molecule has 10 aromatic rings. The van der Waals surface area contributed by atoms with Crippen molar-refractivity contribution < 1.29 is 4.42 Å². The van der Waals surface area contributed by atoms with Crippen molar-refractivity contribution in [1.82, 2.24) is 14.5 Å². The highest BCUT2D eigenvalue weighted by Crippen LogP contribution is 2.45. The number of para-hydroxylation sites is 3. The van der Waals surface area contributed by atoms with Crippen LogP contribution < -0.4 is 10.6 Å². The number of allylic oxidation sites excluding steroid dienone is 2. The van der Waals surface area contributed by atoms with Crippen LogP contribution in [0.1, 0.15) is 54.9 Å². The molecule has 4 heterocycles. The molecule has 5 heteroatoms. The molecule has 1 aliphatic carbocycles. The highest BCUT2D eigenvalue weighted by molar-refractivity contribution is 6.12. The van der Waals surface area contributed by atoms with E-state index in [-0.39, 0.29) is 12.3 Å². The lowest BCUT2D eigenvalue weighted by Gasteiger charge is -2.33. The van der Waals surface area contributed by atoms with Crippen molar-refractivity contribution in [3.63, 3.8) is 0 Å². The summed E-state index contributed by atoms with van der Waals surface area (Å²) in [6.07, 6.45) is 6.77. The molecular weight excluding hydrogens is 709 g/mol. The molecule has 2 aliphatic rings. The van der Waals surface area contributed by atoms with Gasteiger partial charge in [0, 0.05) is 38.5 Å². The van der Waals surface area contributed by atoms with Crippen molar-refractivity contribution in [1.29, 1.82) is 0 Å². The van der Waals surface area contributed by atoms with Crippen LogP contribution in [-0.2, 0) is 0 Å². The zero-order valence-corrected chi connectivity index (χ0v) is 32.3. The van der Waals surface area contributed by atoms with Crippen molar-refractivity contribution in [2.45, 2.75) is 38.0 Å². The molecule has 4 unspecified atom stereocenters. The maximum Gasteiger partial charge on any atom is 0.166 e. The van der Waals surface area contributed by atoms with Gasteiger partial charge < -0.3 is 18.9 Å². The number of nitrogens with one attached hydrogen (secondary N) is 2. The monoisotopic (exact) mass is 750 g/mol. The van der Waals surface area contributed by atoms with Gasteiger partial charge in [0.15, 0.2) is 5.76 Å². The van der Waals surface area contributed by atoms with Crippen LogP contribution in [-0.4, -0.2) is 9.13 Å². The number of furan rings is 1. The van der Waals surface area contributed by atoms with E-state index < -0.39 is 0 Å². The lowest BCUT2D eigenvalue weighted by Crippen LogP contribution is -2.39. The van der Waals surface area contributed by atoms with Crippen LogP contribution in [0.5, 0.6) is 0 Å². The minimum atomic E-state index is -0.253. The maximum atomic E-state index is 6.71. The summed E-state index contributed by atoms with van der Waals surface area (Å²) in [5.41, 5.74) is 12.8. The second-order valence-electron chi connectivity index (χ2n) is 16.3. The molecule has 2 N–H and O–H groups in total. The summed E-state index contributed by atoms with van der Waals surface area (Å²) in [6.45, 7) is 2.37. The van der Waals surface area contributed by atoms with Gasteiger partial charge in [0.25, 0.3) is 0 Å². The summed E-state index contributed by atoms with van der Waals surface area (Å²) < 4.78 is 11.6. The number of benzene rings is 7. The van der Waals surface area contributed by atoms with Gasteiger partial charge in [-0.3, -0.25) is 5.32 Å². The van der Waals surface area contributed by atoms with Crippen molar-refractivity contribution in [3.8, 4) is 16.8 Å². The second-order valence-corrected chi connectivity index (χ2v) is 16.3. The summed E-state index contributed by atoms with van der Waals surface area (Å²) in [5.74, 6) is 2.03. The van der Waals surface area contributed by atoms with Gasteiger partial charge >= 0.3 is 0 Å². The van der Waals surface area contributed by atoms with Crippen molar-refractivity contribution in [3.05, 3.63) is 193 Å². The Morgan fingerprint density at radius 2 is 1.26 bits per heavy atom. The molecule has 12 rings (SSSR count). The largest absolute Gasteiger partial charge is 0.455 e. The molecule has 0 bridgehead atoms. The smallest absolute Gasteiger partial charge is 0.166 e. The normalized spacial score (nSPS) is 19.3. The fraction of sp³-hybridized carbons (Fsp3) is 0.132. The Balaban J connectivity index is 1.02. The Kier molecular flexibility index (Phi) is 7.54. The summed E-state index contributed by atoms with van der Waals surface area (Å²) in [7, 11) is 0. The standard InChI is InChI=1S/C53H42N4O/c1-33-13-11-16-35(29-33)36-17-12-18-39(30-36)56-45-22-8-5-19-40(45)42-27-25-38(32-48(42)56)37-26-28-47-44(31-37)41-20-6-9-23-46(41)57(47)53-51-50(43-21-7-10-24-49(43)58-51)54-52(55-53)34-14-3-2-4-15-34/h2-12,14-28,30-33,35,52-55H,13,29H2,1H3. The summed E-state index contributed by atoms with van der Waals surface area (Å²) in [5, 5.41) is 13.8. The molecule has 7 aromatic carbocycles. The number of anilines is 1. The SMILES string of the molecule is CC1CC=CC(c2cccc(-n3c4ccccc4c4ccc(-c5ccc6c(c5)c5ccccc5n6C5NC(c6ccccc6)Nc6c5oc5ccccc65)cc43)c2)C1. The third kappa shape index (κ3) is 5.20. The van der Waals surface area contributed by atoms with E-state index in [0.29, 0.717) is 11.8 Å². The van der Waals surface area contributed by atoms with E-state index in [1.165, 1.54) is 73.4 Å².